The summed E-state index contributed by atoms with van der Waals surface area (Å²) in [4.78, 5) is 28.7. The standard InChI is InChI=1S/C12H18N4O3/c1-14-8-13-10-9(14)11(18)16(12(19)15(10)2)6-4-3-5-7-17/h8,17H,3-7H2,1-2H3/i1D3,5D2,7D/t7-/m0/s1. The van der Waals surface area contributed by atoms with Crippen molar-refractivity contribution < 1.29 is 13.3 Å². The third-order valence-corrected chi connectivity index (χ3v) is 2.83. The Bertz CT molecular complexity index is 895. The molecule has 0 aliphatic heterocycles. The molecule has 2 rings (SSSR count). The van der Waals surface area contributed by atoms with Gasteiger partial charge >= 0.3 is 5.69 Å². The molecule has 2 heterocycles. The van der Waals surface area contributed by atoms with Gasteiger partial charge in [0.1, 0.15) is 0 Å². The van der Waals surface area contributed by atoms with E-state index in [4.69, 9.17) is 13.3 Å². The Morgan fingerprint density at radius 1 is 1.47 bits per heavy atom. The summed E-state index contributed by atoms with van der Waals surface area (Å²) < 4.78 is 46.9. The van der Waals surface area contributed by atoms with Gasteiger partial charge in [-0.25, -0.2) is 9.78 Å². The Morgan fingerprint density at radius 3 is 2.95 bits per heavy atom. The van der Waals surface area contributed by atoms with Crippen LogP contribution in [0.15, 0.2) is 15.9 Å². The van der Waals surface area contributed by atoms with E-state index in [-0.39, 0.29) is 30.6 Å². The van der Waals surface area contributed by atoms with Gasteiger partial charge in [0.2, 0.25) is 0 Å². The molecule has 0 amide bonds. The zero-order valence-electron chi connectivity index (χ0n) is 16.3. The van der Waals surface area contributed by atoms with Crippen molar-refractivity contribution in [2.75, 3.05) is 6.58 Å². The number of aryl methyl sites for hydroxylation is 2. The minimum atomic E-state index is -2.64. The summed E-state index contributed by atoms with van der Waals surface area (Å²) in [6, 6.07) is 0. The lowest BCUT2D eigenvalue weighted by molar-refractivity contribution is 0.281. The van der Waals surface area contributed by atoms with Gasteiger partial charge < -0.3 is 9.67 Å². The van der Waals surface area contributed by atoms with E-state index in [1.54, 1.807) is 0 Å². The summed E-state index contributed by atoms with van der Waals surface area (Å²) in [5, 5.41) is 9.05. The molecule has 2 aromatic rings. The molecule has 0 aromatic carbocycles. The van der Waals surface area contributed by atoms with Gasteiger partial charge in [-0.3, -0.25) is 13.9 Å². The fraction of sp³-hybridized carbons (Fsp3) is 0.583. The van der Waals surface area contributed by atoms with Gasteiger partial charge in [0.05, 0.1) is 7.70 Å². The summed E-state index contributed by atoms with van der Waals surface area (Å²) in [5.74, 6) is 0. The van der Waals surface area contributed by atoms with Gasteiger partial charge in [-0.15, -0.1) is 0 Å². The first-order chi connectivity index (χ1) is 11.4. The zero-order valence-corrected chi connectivity index (χ0v) is 10.3. The van der Waals surface area contributed by atoms with Crippen molar-refractivity contribution in [3.8, 4) is 0 Å². The van der Waals surface area contributed by atoms with Crippen LogP contribution in [0.25, 0.3) is 11.2 Å². The Morgan fingerprint density at radius 2 is 2.26 bits per heavy atom. The predicted molar refractivity (Wildman–Crippen MR) is 71.2 cm³/mol. The summed E-state index contributed by atoms with van der Waals surface area (Å²) in [6.45, 7) is -4.76. The van der Waals surface area contributed by atoms with Crippen LogP contribution in [-0.2, 0) is 20.6 Å². The third-order valence-electron chi connectivity index (χ3n) is 2.83. The van der Waals surface area contributed by atoms with Crippen LogP contribution in [0, 0.1) is 0 Å². The fourth-order valence-electron chi connectivity index (χ4n) is 1.87. The van der Waals surface area contributed by atoms with Crippen molar-refractivity contribution in [2.24, 2.45) is 14.0 Å². The van der Waals surface area contributed by atoms with Crippen molar-refractivity contribution in [2.45, 2.75) is 25.8 Å². The Labute approximate surface area is 118 Å². The SMILES string of the molecule is [2H][C@H](O)C([2H])([2H])CCCn1c(=O)c2c(ncn2C([2H])([2H])[2H])n(C)c1=O. The van der Waals surface area contributed by atoms with Gasteiger partial charge in [0.15, 0.2) is 11.2 Å². The highest BCUT2D eigenvalue weighted by molar-refractivity contribution is 5.69. The first-order valence-corrected chi connectivity index (χ1v) is 5.65. The molecule has 0 unspecified atom stereocenters. The van der Waals surface area contributed by atoms with Gasteiger partial charge in [0, 0.05) is 34.0 Å². The molecule has 1 atom stereocenters. The second kappa shape index (κ2) is 5.40. The number of aromatic nitrogens is 4. The van der Waals surface area contributed by atoms with E-state index < -0.39 is 31.2 Å². The number of hydrogen-bond acceptors (Lipinski definition) is 4. The smallest absolute Gasteiger partial charge is 0.332 e. The molecule has 2 aromatic heterocycles. The molecule has 0 spiro atoms. The van der Waals surface area contributed by atoms with E-state index in [1.165, 1.54) is 7.05 Å². The van der Waals surface area contributed by atoms with E-state index >= 15 is 0 Å². The van der Waals surface area contributed by atoms with Crippen LogP contribution < -0.4 is 11.2 Å². The Kier molecular flexibility index (Phi) is 2.17. The number of aliphatic hydroxyl groups is 1. The van der Waals surface area contributed by atoms with E-state index in [9.17, 15) is 9.59 Å². The maximum Gasteiger partial charge on any atom is 0.332 e. The molecule has 0 saturated carbocycles. The van der Waals surface area contributed by atoms with E-state index in [1.807, 2.05) is 0 Å². The third kappa shape index (κ3) is 2.33. The number of aliphatic hydroxyl groups excluding tert-OH is 1. The van der Waals surface area contributed by atoms with Gasteiger partial charge in [0.25, 0.3) is 5.56 Å². The monoisotopic (exact) mass is 272 g/mol. The summed E-state index contributed by atoms with van der Waals surface area (Å²) in [5.41, 5.74) is -1.84. The van der Waals surface area contributed by atoms with Crippen molar-refractivity contribution in [1.29, 1.82) is 0 Å². The number of fused-ring (bicyclic) bond motifs is 1. The number of hydrogen-bond donors (Lipinski definition) is 1. The molecule has 19 heavy (non-hydrogen) atoms. The van der Waals surface area contributed by atoms with Crippen LogP contribution in [0.3, 0.4) is 0 Å². The van der Waals surface area contributed by atoms with Gasteiger partial charge in [-0.1, -0.05) is 0 Å². The average Bonchev–Trinajstić information content (AvgIpc) is 2.93. The molecule has 0 aliphatic carbocycles. The lowest BCUT2D eigenvalue weighted by Gasteiger charge is -2.08. The molecule has 0 fully saturated rings. The summed E-state index contributed by atoms with van der Waals surface area (Å²) >= 11 is 0. The molecule has 7 nitrogen and oxygen atoms in total. The van der Waals surface area contributed by atoms with Crippen LogP contribution in [0.2, 0.25) is 0 Å². The zero-order chi connectivity index (χ0) is 19.2. The van der Waals surface area contributed by atoms with Crippen LogP contribution in [0.4, 0.5) is 0 Å². The van der Waals surface area contributed by atoms with Crippen LogP contribution >= 0.6 is 0 Å². The molecule has 104 valence electrons. The highest BCUT2D eigenvalue weighted by atomic mass is 16.3. The molecule has 1 N–H and O–H groups in total. The normalized spacial score (nSPS) is 19.1. The lowest BCUT2D eigenvalue weighted by atomic mass is 10.2. The number of rotatable bonds is 5. The molecular weight excluding hydrogens is 248 g/mol. The van der Waals surface area contributed by atoms with Crippen LogP contribution in [0.1, 0.15) is 27.4 Å². The van der Waals surface area contributed by atoms with Gasteiger partial charge in [-0.2, -0.15) is 0 Å². The molecule has 7 heteroatoms. The maximum absolute atomic E-state index is 12.6. The molecule has 0 radical (unpaired) electrons. The highest BCUT2D eigenvalue weighted by Gasteiger charge is 2.14. The first kappa shape index (κ1) is 7.64. The minimum Gasteiger partial charge on any atom is -0.396 e. The summed E-state index contributed by atoms with van der Waals surface area (Å²) in [6.07, 6.45) is -1.45. The highest BCUT2D eigenvalue weighted by Crippen LogP contribution is 2.03. The van der Waals surface area contributed by atoms with Crippen molar-refractivity contribution in [3.05, 3.63) is 27.2 Å². The quantitative estimate of drug-likeness (QED) is 0.802. The van der Waals surface area contributed by atoms with Gasteiger partial charge in [-0.05, 0) is 19.2 Å². The molecule has 0 saturated heterocycles. The lowest BCUT2D eigenvalue weighted by Crippen LogP contribution is -2.39. The molecule has 0 bridgehead atoms. The van der Waals surface area contributed by atoms with Crippen molar-refractivity contribution in [3.63, 3.8) is 0 Å². The topological polar surface area (TPSA) is 82.1 Å². The predicted octanol–water partition coefficient (Wildman–Crippen LogP) is -0.404. The van der Waals surface area contributed by atoms with E-state index in [0.717, 1.165) is 15.5 Å². The Hall–Kier alpha value is -1.89. The van der Waals surface area contributed by atoms with E-state index in [2.05, 4.69) is 4.98 Å². The van der Waals surface area contributed by atoms with Crippen LogP contribution in [0.5, 0.6) is 0 Å². The first-order valence-electron chi connectivity index (χ1n) is 8.73. The minimum absolute atomic E-state index is 0.00545. The van der Waals surface area contributed by atoms with E-state index in [0.29, 0.717) is 4.57 Å². The second-order valence-corrected chi connectivity index (χ2v) is 4.02. The maximum atomic E-state index is 12.6. The second-order valence-electron chi connectivity index (χ2n) is 4.02. The largest absolute Gasteiger partial charge is 0.396 e. The van der Waals surface area contributed by atoms with Crippen molar-refractivity contribution >= 4 is 11.2 Å². The number of imidazole rings is 1. The van der Waals surface area contributed by atoms with Crippen molar-refractivity contribution in [1.82, 2.24) is 18.7 Å². The summed E-state index contributed by atoms with van der Waals surface area (Å²) in [7, 11) is 1.35. The fourth-order valence-corrected chi connectivity index (χ4v) is 1.87. The molecular formula is C12H18N4O3. The molecule has 0 aliphatic rings. The van der Waals surface area contributed by atoms with Crippen LogP contribution in [-0.4, -0.2) is 30.4 Å². The Balaban J connectivity index is 2.48. The average molecular weight is 272 g/mol. The number of nitrogens with zero attached hydrogens (tertiary/aromatic N) is 4.